The van der Waals surface area contributed by atoms with Crippen LogP contribution in [0.1, 0.15) is 49.1 Å². The molecule has 0 radical (unpaired) electrons. The molecule has 7 heteroatoms. The van der Waals surface area contributed by atoms with Crippen LogP contribution in [-0.4, -0.2) is 11.3 Å². The number of benzene rings is 2. The van der Waals surface area contributed by atoms with Gasteiger partial charge >= 0.3 is 0 Å². The van der Waals surface area contributed by atoms with Crippen LogP contribution in [0.5, 0.6) is 5.75 Å². The molecule has 3 rings (SSSR count). The van der Waals surface area contributed by atoms with Gasteiger partial charge in [-0.25, -0.2) is 26.9 Å². The lowest BCUT2D eigenvalue weighted by Crippen LogP contribution is -2.05. The van der Waals surface area contributed by atoms with Crippen LogP contribution in [0.15, 0.2) is 23.2 Å². The van der Waals surface area contributed by atoms with Crippen molar-refractivity contribution < 1.29 is 27.1 Å². The third kappa shape index (κ3) is 3.30. The van der Waals surface area contributed by atoms with E-state index in [9.17, 15) is 27.1 Å². The molecule has 26 heavy (non-hydrogen) atoms. The van der Waals surface area contributed by atoms with Crippen molar-refractivity contribution in [2.45, 2.75) is 38.0 Å². The third-order valence-electron chi connectivity index (χ3n) is 4.66. The lowest BCUT2D eigenvalue weighted by molar-refractivity contribution is 0.381. The molecule has 0 atom stereocenters. The number of aromatic hydroxyl groups is 1. The normalized spacial score (nSPS) is 15.7. The zero-order valence-electron chi connectivity index (χ0n) is 13.7. The van der Waals surface area contributed by atoms with E-state index in [1.54, 1.807) is 12.1 Å². The molecule has 1 saturated carbocycles. The number of phenolic OH excluding ortho intramolecular Hbond substituents is 1. The number of nitrogens with zero attached hydrogens (tertiary/aromatic N) is 1. The summed E-state index contributed by atoms with van der Waals surface area (Å²) in [4.78, 5) is 3.40. The van der Waals surface area contributed by atoms with Gasteiger partial charge in [0.2, 0.25) is 5.82 Å². The Morgan fingerprint density at radius 3 is 2.04 bits per heavy atom. The number of phenols is 1. The SMILES string of the molecule is Oc1c(C=Nc2c(F)c(F)c(F)c(F)c2F)cccc1C1CCCCC1. The largest absolute Gasteiger partial charge is 0.507 e. The van der Waals surface area contributed by atoms with Gasteiger partial charge < -0.3 is 5.11 Å². The topological polar surface area (TPSA) is 32.6 Å². The fourth-order valence-electron chi connectivity index (χ4n) is 3.27. The minimum Gasteiger partial charge on any atom is -0.507 e. The Labute approximate surface area is 147 Å². The standard InChI is InChI=1S/C19H16F5NO/c20-13-14(21)16(23)18(17(24)15(13)22)25-9-11-7-4-8-12(19(11)26)10-5-2-1-3-6-10/h4,7-10,26H,1-3,5-6H2. The molecule has 2 aromatic rings. The summed E-state index contributed by atoms with van der Waals surface area (Å²) in [6.45, 7) is 0. The van der Waals surface area contributed by atoms with Crippen molar-refractivity contribution in [1.29, 1.82) is 0 Å². The first-order chi connectivity index (χ1) is 12.4. The van der Waals surface area contributed by atoms with Crippen LogP contribution >= 0.6 is 0 Å². The summed E-state index contributed by atoms with van der Waals surface area (Å²) in [6, 6.07) is 4.88. The maximum atomic E-state index is 13.7. The van der Waals surface area contributed by atoms with Crippen LogP contribution in [0.25, 0.3) is 0 Å². The van der Waals surface area contributed by atoms with Crippen molar-refractivity contribution >= 4 is 11.9 Å². The van der Waals surface area contributed by atoms with Gasteiger partial charge in [-0.2, -0.15) is 0 Å². The van der Waals surface area contributed by atoms with Gasteiger partial charge in [0, 0.05) is 11.8 Å². The predicted octanol–water partition coefficient (Wildman–Crippen LogP) is 5.89. The summed E-state index contributed by atoms with van der Waals surface area (Å²) in [7, 11) is 0. The van der Waals surface area contributed by atoms with E-state index in [4.69, 9.17) is 0 Å². The summed E-state index contributed by atoms with van der Waals surface area (Å²) in [5.41, 5.74) is -0.438. The first-order valence-corrected chi connectivity index (χ1v) is 8.29. The van der Waals surface area contributed by atoms with E-state index < -0.39 is 34.8 Å². The van der Waals surface area contributed by atoms with E-state index in [1.807, 2.05) is 0 Å². The molecular formula is C19H16F5NO. The van der Waals surface area contributed by atoms with E-state index in [2.05, 4.69) is 4.99 Å². The van der Waals surface area contributed by atoms with Crippen LogP contribution in [0.4, 0.5) is 27.6 Å². The van der Waals surface area contributed by atoms with Gasteiger partial charge in [-0.15, -0.1) is 0 Å². The lowest BCUT2D eigenvalue weighted by atomic mass is 9.83. The highest BCUT2D eigenvalue weighted by Gasteiger charge is 2.25. The summed E-state index contributed by atoms with van der Waals surface area (Å²) in [5.74, 6) is -10.3. The van der Waals surface area contributed by atoms with E-state index in [0.717, 1.165) is 38.3 Å². The van der Waals surface area contributed by atoms with Crippen molar-refractivity contribution in [1.82, 2.24) is 0 Å². The molecule has 0 bridgehead atoms. The molecular weight excluding hydrogens is 353 g/mol. The van der Waals surface area contributed by atoms with E-state index in [1.165, 1.54) is 6.07 Å². The van der Waals surface area contributed by atoms with Crippen LogP contribution < -0.4 is 0 Å². The predicted molar refractivity (Wildman–Crippen MR) is 87.4 cm³/mol. The van der Waals surface area contributed by atoms with Crippen LogP contribution in [0.2, 0.25) is 0 Å². The molecule has 0 aliphatic heterocycles. The molecule has 2 nitrogen and oxygen atoms in total. The Hall–Kier alpha value is -2.44. The van der Waals surface area contributed by atoms with Crippen LogP contribution in [0, 0.1) is 29.1 Å². The molecule has 1 aliphatic rings. The average molecular weight is 369 g/mol. The monoisotopic (exact) mass is 369 g/mol. The summed E-state index contributed by atoms with van der Waals surface area (Å²) in [6.07, 6.45) is 5.98. The molecule has 0 saturated heterocycles. The molecule has 0 aromatic heterocycles. The first kappa shape index (κ1) is 18.4. The number of para-hydroxylation sites is 1. The molecule has 2 aromatic carbocycles. The van der Waals surface area contributed by atoms with Gasteiger partial charge in [-0.3, -0.25) is 0 Å². The Balaban J connectivity index is 1.97. The molecule has 1 fully saturated rings. The number of aliphatic imine (C=N–C) groups is 1. The van der Waals surface area contributed by atoms with Crippen molar-refractivity contribution in [3.63, 3.8) is 0 Å². The quantitative estimate of drug-likeness (QED) is 0.311. The minimum atomic E-state index is -2.24. The molecule has 0 heterocycles. The number of halogens is 5. The molecule has 1 aliphatic carbocycles. The van der Waals surface area contributed by atoms with Gasteiger partial charge in [0.05, 0.1) is 0 Å². The van der Waals surface area contributed by atoms with E-state index in [-0.39, 0.29) is 17.2 Å². The third-order valence-corrected chi connectivity index (χ3v) is 4.66. The average Bonchev–Trinajstić information content (AvgIpc) is 2.66. The minimum absolute atomic E-state index is 0.0907. The molecule has 1 N–H and O–H groups in total. The summed E-state index contributed by atoms with van der Waals surface area (Å²) < 4.78 is 66.9. The molecule has 0 spiro atoms. The summed E-state index contributed by atoms with van der Waals surface area (Å²) in [5, 5.41) is 10.4. The second kappa shape index (κ2) is 7.43. The Kier molecular flexibility index (Phi) is 5.25. The maximum absolute atomic E-state index is 13.7. The highest BCUT2D eigenvalue weighted by molar-refractivity contribution is 5.86. The Morgan fingerprint density at radius 1 is 0.846 bits per heavy atom. The van der Waals surface area contributed by atoms with Gasteiger partial charge in [0.15, 0.2) is 23.3 Å². The molecule has 0 amide bonds. The second-order valence-corrected chi connectivity index (χ2v) is 6.30. The highest BCUT2D eigenvalue weighted by atomic mass is 19.2. The fourth-order valence-corrected chi connectivity index (χ4v) is 3.27. The number of hydrogen-bond donors (Lipinski definition) is 1. The van der Waals surface area contributed by atoms with Gasteiger partial charge in [0.25, 0.3) is 0 Å². The fraction of sp³-hybridized carbons (Fsp3) is 0.316. The second-order valence-electron chi connectivity index (χ2n) is 6.30. The van der Waals surface area contributed by atoms with Gasteiger partial charge in [-0.05, 0) is 30.4 Å². The van der Waals surface area contributed by atoms with E-state index >= 15 is 0 Å². The van der Waals surface area contributed by atoms with Crippen molar-refractivity contribution in [2.24, 2.45) is 4.99 Å². The van der Waals surface area contributed by atoms with Crippen molar-refractivity contribution in [3.05, 3.63) is 58.4 Å². The molecule has 0 unspecified atom stereocenters. The van der Waals surface area contributed by atoms with Crippen molar-refractivity contribution in [3.8, 4) is 5.75 Å². The smallest absolute Gasteiger partial charge is 0.200 e. The van der Waals surface area contributed by atoms with Crippen molar-refractivity contribution in [2.75, 3.05) is 0 Å². The number of rotatable bonds is 3. The maximum Gasteiger partial charge on any atom is 0.200 e. The van der Waals surface area contributed by atoms with E-state index in [0.29, 0.717) is 5.56 Å². The summed E-state index contributed by atoms with van der Waals surface area (Å²) >= 11 is 0. The highest BCUT2D eigenvalue weighted by Crippen LogP contribution is 2.38. The zero-order valence-corrected chi connectivity index (χ0v) is 13.7. The van der Waals surface area contributed by atoms with Crippen LogP contribution in [0.3, 0.4) is 0 Å². The Bertz CT molecular complexity index is 830. The Morgan fingerprint density at radius 2 is 1.42 bits per heavy atom. The first-order valence-electron chi connectivity index (χ1n) is 8.29. The van der Waals surface area contributed by atoms with Gasteiger partial charge in [-0.1, -0.05) is 31.4 Å². The lowest BCUT2D eigenvalue weighted by Gasteiger charge is -2.23. The van der Waals surface area contributed by atoms with Crippen LogP contribution in [-0.2, 0) is 0 Å². The number of hydrogen-bond acceptors (Lipinski definition) is 2. The molecule has 138 valence electrons. The van der Waals surface area contributed by atoms with Gasteiger partial charge in [0.1, 0.15) is 11.4 Å². The zero-order chi connectivity index (χ0) is 18.8.